The molecule has 0 spiro atoms. The summed E-state index contributed by atoms with van der Waals surface area (Å²) in [6.07, 6.45) is 16.9. The molecule has 0 aromatic carbocycles. The molecule has 0 radical (unpaired) electrons. The van der Waals surface area contributed by atoms with Crippen molar-refractivity contribution in [3.05, 3.63) is 0 Å². The Labute approximate surface area is 517 Å². The standard InChI is InChI=1S/C64H122N4O14S2/c1-7-13-43-78-60(73)30-19-15-26-56(69)48-67(49-57(70)27-16-20-31-61(74)79-44-14-8-2)35-23-24-46-83-84-47-42-66-39-37-65(38-40-66)41-45-80-62(75)34-25-36-68(50-58(71)28-17-21-32-63(76)81-52-54(9-3)10-4)51-59(72)29-18-22-33-64(77)82-53-55(11-5)12-6/h54-59,69-72H,7-53H2,1-6H3. The SMILES string of the molecule is CCCCOC(=O)CCCCC(O)CN(CCCCSSCCN1CCN(CCOC(=O)CCCN(CC(O)CCCCC(=O)OCC(CC)CC)CC(O)CCCCC(=O)OCC(CC)CC)CC1)CC(O)CCCCC(=O)OCCCC. The Bertz CT molecular complexity index is 1530. The highest BCUT2D eigenvalue weighted by molar-refractivity contribution is 8.76. The molecule has 0 amide bonds. The number of hydrogen-bond donors (Lipinski definition) is 4. The fourth-order valence-electron chi connectivity index (χ4n) is 9.91. The van der Waals surface area contributed by atoms with Gasteiger partial charge in [-0.2, -0.15) is 0 Å². The molecular weight excluding hydrogens is 1110 g/mol. The van der Waals surface area contributed by atoms with Gasteiger partial charge in [-0.05, 0) is 108 Å². The van der Waals surface area contributed by atoms with Gasteiger partial charge in [0, 0.05) is 109 Å². The molecule has 0 aromatic rings. The van der Waals surface area contributed by atoms with Gasteiger partial charge in [-0.15, -0.1) is 0 Å². The van der Waals surface area contributed by atoms with Crippen molar-refractivity contribution in [2.24, 2.45) is 11.8 Å². The summed E-state index contributed by atoms with van der Waals surface area (Å²) in [6.45, 7) is 23.0. The van der Waals surface area contributed by atoms with Crippen molar-refractivity contribution in [2.45, 2.75) is 246 Å². The van der Waals surface area contributed by atoms with Crippen LogP contribution in [0.4, 0.5) is 0 Å². The topological polar surface area (TPSA) is 225 Å². The number of unbranched alkanes of at least 4 members (excludes halogenated alkanes) is 7. The number of carbonyl (C=O) groups excluding carboxylic acids is 5. The Kier molecular flexibility index (Phi) is 52.1. The van der Waals surface area contributed by atoms with Crippen LogP contribution in [0.15, 0.2) is 0 Å². The van der Waals surface area contributed by atoms with Crippen molar-refractivity contribution in [2.75, 3.05) is 123 Å². The van der Waals surface area contributed by atoms with E-state index in [2.05, 4.69) is 56.2 Å². The first kappa shape index (κ1) is 79.7. The van der Waals surface area contributed by atoms with Gasteiger partial charge >= 0.3 is 29.8 Å². The first-order valence-electron chi connectivity index (χ1n) is 33.3. The van der Waals surface area contributed by atoms with Crippen molar-refractivity contribution < 1.29 is 68.1 Å². The third-order valence-corrected chi connectivity index (χ3v) is 18.3. The van der Waals surface area contributed by atoms with Crippen LogP contribution in [0.1, 0.15) is 221 Å². The minimum Gasteiger partial charge on any atom is -0.466 e. The Morgan fingerprint density at radius 3 is 1.11 bits per heavy atom. The average molecular weight is 1240 g/mol. The van der Waals surface area contributed by atoms with Gasteiger partial charge in [0.25, 0.3) is 0 Å². The molecule has 0 aliphatic carbocycles. The second-order valence-corrected chi connectivity index (χ2v) is 26.1. The largest absolute Gasteiger partial charge is 0.466 e. The van der Waals surface area contributed by atoms with E-state index in [0.29, 0.717) is 180 Å². The van der Waals surface area contributed by atoms with E-state index in [4.69, 9.17) is 23.7 Å². The quantitative estimate of drug-likeness (QED) is 0.0192. The summed E-state index contributed by atoms with van der Waals surface area (Å²) in [5, 5.41) is 43.9. The first-order valence-corrected chi connectivity index (χ1v) is 35.8. The minimum absolute atomic E-state index is 0.178. The maximum absolute atomic E-state index is 12.9. The molecule has 4 unspecified atom stereocenters. The zero-order chi connectivity index (χ0) is 61.8. The number of aliphatic hydroxyl groups excluding tert-OH is 4. The number of hydrogen-bond acceptors (Lipinski definition) is 20. The highest BCUT2D eigenvalue weighted by atomic mass is 33.1. The van der Waals surface area contributed by atoms with Gasteiger partial charge < -0.3 is 44.1 Å². The summed E-state index contributed by atoms with van der Waals surface area (Å²) in [5.41, 5.74) is 0. The van der Waals surface area contributed by atoms with Crippen molar-refractivity contribution >= 4 is 51.4 Å². The molecule has 494 valence electrons. The van der Waals surface area contributed by atoms with Crippen LogP contribution in [0.3, 0.4) is 0 Å². The van der Waals surface area contributed by atoms with Crippen molar-refractivity contribution in [3.8, 4) is 0 Å². The molecule has 1 rings (SSSR count). The van der Waals surface area contributed by atoms with Crippen molar-refractivity contribution in [1.82, 2.24) is 19.6 Å². The van der Waals surface area contributed by atoms with Crippen LogP contribution in [0, 0.1) is 11.8 Å². The third kappa shape index (κ3) is 46.8. The van der Waals surface area contributed by atoms with Gasteiger partial charge in [-0.1, -0.05) is 127 Å². The summed E-state index contributed by atoms with van der Waals surface area (Å²) in [7, 11) is 3.79. The summed E-state index contributed by atoms with van der Waals surface area (Å²) >= 11 is 0. The lowest BCUT2D eigenvalue weighted by Gasteiger charge is -2.34. The van der Waals surface area contributed by atoms with Gasteiger partial charge in [0.15, 0.2) is 0 Å². The molecule has 4 atom stereocenters. The third-order valence-electron chi connectivity index (χ3n) is 15.9. The van der Waals surface area contributed by atoms with E-state index in [1.54, 1.807) is 0 Å². The van der Waals surface area contributed by atoms with Gasteiger partial charge in [0.05, 0.1) is 50.8 Å². The van der Waals surface area contributed by atoms with E-state index in [1.807, 2.05) is 26.5 Å². The van der Waals surface area contributed by atoms with E-state index < -0.39 is 24.4 Å². The molecule has 1 aliphatic rings. The molecule has 0 aromatic heterocycles. The fourth-order valence-corrected chi connectivity index (χ4v) is 12.1. The number of ether oxygens (including phenoxy) is 5. The Morgan fingerprint density at radius 1 is 0.393 bits per heavy atom. The zero-order valence-corrected chi connectivity index (χ0v) is 55.3. The van der Waals surface area contributed by atoms with E-state index in [0.717, 1.165) is 128 Å². The molecule has 4 N–H and O–H groups in total. The van der Waals surface area contributed by atoms with Gasteiger partial charge in [0.2, 0.25) is 0 Å². The summed E-state index contributed by atoms with van der Waals surface area (Å²) in [4.78, 5) is 70.4. The molecule has 84 heavy (non-hydrogen) atoms. The van der Waals surface area contributed by atoms with Crippen LogP contribution in [-0.2, 0) is 47.7 Å². The Morgan fingerprint density at radius 2 is 0.726 bits per heavy atom. The average Bonchev–Trinajstić information content (AvgIpc) is 3.51. The maximum atomic E-state index is 12.9. The molecule has 1 saturated heterocycles. The molecular formula is C64H122N4O14S2. The van der Waals surface area contributed by atoms with Crippen LogP contribution in [-0.4, -0.2) is 217 Å². The first-order chi connectivity index (χ1) is 40.6. The second-order valence-electron chi connectivity index (χ2n) is 23.4. The zero-order valence-electron chi connectivity index (χ0n) is 53.7. The number of esters is 5. The van der Waals surface area contributed by atoms with Gasteiger partial charge in [-0.25, -0.2) is 0 Å². The maximum Gasteiger partial charge on any atom is 0.305 e. The molecule has 1 fully saturated rings. The molecule has 18 nitrogen and oxygen atoms in total. The van der Waals surface area contributed by atoms with E-state index in [1.165, 1.54) is 0 Å². The second kappa shape index (κ2) is 54.8. The molecule has 1 aliphatic heterocycles. The lowest BCUT2D eigenvalue weighted by Crippen LogP contribution is -2.47. The normalized spacial score (nSPS) is 14.7. The lowest BCUT2D eigenvalue weighted by molar-refractivity contribution is -0.146. The molecule has 20 heteroatoms. The van der Waals surface area contributed by atoms with Crippen LogP contribution in [0.25, 0.3) is 0 Å². The van der Waals surface area contributed by atoms with Crippen LogP contribution in [0.5, 0.6) is 0 Å². The molecule has 0 bridgehead atoms. The number of carbonyl (C=O) groups is 5. The fraction of sp³-hybridized carbons (Fsp3) is 0.922. The Hall–Kier alpha value is -2.27. The molecule has 0 saturated carbocycles. The van der Waals surface area contributed by atoms with Crippen LogP contribution >= 0.6 is 21.6 Å². The van der Waals surface area contributed by atoms with E-state index >= 15 is 0 Å². The van der Waals surface area contributed by atoms with Crippen LogP contribution in [0.2, 0.25) is 0 Å². The summed E-state index contributed by atoms with van der Waals surface area (Å²) in [5.74, 6) is 1.80. The lowest BCUT2D eigenvalue weighted by atomic mass is 10.1. The highest BCUT2D eigenvalue weighted by Gasteiger charge is 2.21. The van der Waals surface area contributed by atoms with E-state index in [9.17, 15) is 44.4 Å². The highest BCUT2D eigenvalue weighted by Crippen LogP contribution is 2.23. The van der Waals surface area contributed by atoms with Gasteiger partial charge in [-0.3, -0.25) is 43.6 Å². The predicted molar refractivity (Wildman–Crippen MR) is 340 cm³/mol. The predicted octanol–water partition coefficient (Wildman–Crippen LogP) is 10.0. The van der Waals surface area contributed by atoms with Gasteiger partial charge in [0.1, 0.15) is 6.61 Å². The number of nitrogens with zero attached hydrogens (tertiary/aromatic N) is 4. The number of rotatable bonds is 58. The molecule has 1 heterocycles. The summed E-state index contributed by atoms with van der Waals surface area (Å²) < 4.78 is 27.1. The van der Waals surface area contributed by atoms with Crippen molar-refractivity contribution in [1.29, 1.82) is 0 Å². The monoisotopic (exact) mass is 1230 g/mol. The summed E-state index contributed by atoms with van der Waals surface area (Å²) in [6, 6.07) is 0. The smallest absolute Gasteiger partial charge is 0.305 e. The van der Waals surface area contributed by atoms with E-state index in [-0.39, 0.29) is 36.3 Å². The Balaban J connectivity index is 2.46. The van der Waals surface area contributed by atoms with Crippen molar-refractivity contribution in [3.63, 3.8) is 0 Å². The number of piperazine rings is 1. The number of aliphatic hydroxyl groups is 4. The van der Waals surface area contributed by atoms with Crippen LogP contribution < -0.4 is 0 Å². The minimum atomic E-state index is -0.653.